The SMILES string of the molecule is O=C(NCCSCc1ccccc1Cl)c1cc(Br)ccc1Cl. The lowest BCUT2D eigenvalue weighted by Gasteiger charge is -2.08. The van der Waals surface area contributed by atoms with Crippen molar-refractivity contribution in [3.05, 3.63) is 68.1 Å². The van der Waals surface area contributed by atoms with Gasteiger partial charge in [-0.05, 0) is 29.8 Å². The maximum atomic E-state index is 12.1. The van der Waals surface area contributed by atoms with E-state index in [2.05, 4.69) is 21.2 Å². The Morgan fingerprint density at radius 3 is 2.68 bits per heavy atom. The van der Waals surface area contributed by atoms with Gasteiger partial charge in [-0.25, -0.2) is 0 Å². The van der Waals surface area contributed by atoms with Crippen molar-refractivity contribution in [2.24, 2.45) is 0 Å². The molecule has 116 valence electrons. The lowest BCUT2D eigenvalue weighted by atomic mass is 10.2. The predicted molar refractivity (Wildman–Crippen MR) is 99.1 cm³/mol. The van der Waals surface area contributed by atoms with Crippen LogP contribution in [0.4, 0.5) is 0 Å². The zero-order valence-corrected chi connectivity index (χ0v) is 15.5. The van der Waals surface area contributed by atoms with E-state index in [1.54, 1.807) is 30.0 Å². The summed E-state index contributed by atoms with van der Waals surface area (Å²) in [5.41, 5.74) is 1.59. The average Bonchev–Trinajstić information content (AvgIpc) is 2.51. The molecule has 22 heavy (non-hydrogen) atoms. The third-order valence-electron chi connectivity index (χ3n) is 2.92. The lowest BCUT2D eigenvalue weighted by Crippen LogP contribution is -2.26. The first kappa shape index (κ1) is 17.7. The van der Waals surface area contributed by atoms with Crippen LogP contribution in [0.2, 0.25) is 10.0 Å². The van der Waals surface area contributed by atoms with E-state index in [0.29, 0.717) is 17.1 Å². The monoisotopic (exact) mass is 417 g/mol. The molecule has 0 heterocycles. The van der Waals surface area contributed by atoms with Crippen molar-refractivity contribution >= 4 is 56.8 Å². The van der Waals surface area contributed by atoms with Crippen LogP contribution in [0.15, 0.2) is 46.9 Å². The van der Waals surface area contributed by atoms with Crippen molar-refractivity contribution in [2.45, 2.75) is 5.75 Å². The molecule has 2 nitrogen and oxygen atoms in total. The molecule has 2 rings (SSSR count). The van der Waals surface area contributed by atoms with Crippen LogP contribution in [0.25, 0.3) is 0 Å². The van der Waals surface area contributed by atoms with Crippen LogP contribution >= 0.6 is 50.9 Å². The highest BCUT2D eigenvalue weighted by atomic mass is 79.9. The van der Waals surface area contributed by atoms with Crippen molar-refractivity contribution in [3.8, 4) is 0 Å². The molecule has 0 saturated carbocycles. The first-order chi connectivity index (χ1) is 10.6. The van der Waals surface area contributed by atoms with Crippen LogP contribution in [-0.4, -0.2) is 18.2 Å². The Bertz CT molecular complexity index is 666. The lowest BCUT2D eigenvalue weighted by molar-refractivity contribution is 0.0956. The molecule has 1 amide bonds. The smallest absolute Gasteiger partial charge is 0.252 e. The molecule has 0 bridgehead atoms. The minimum absolute atomic E-state index is 0.162. The van der Waals surface area contributed by atoms with Gasteiger partial charge in [0.1, 0.15) is 0 Å². The third kappa shape index (κ3) is 5.20. The van der Waals surface area contributed by atoms with E-state index < -0.39 is 0 Å². The van der Waals surface area contributed by atoms with E-state index in [1.165, 1.54) is 0 Å². The minimum Gasteiger partial charge on any atom is -0.351 e. The van der Waals surface area contributed by atoms with Gasteiger partial charge >= 0.3 is 0 Å². The quantitative estimate of drug-likeness (QED) is 0.634. The topological polar surface area (TPSA) is 29.1 Å². The number of carbonyl (C=O) groups excluding carboxylic acids is 1. The van der Waals surface area contributed by atoms with Gasteiger partial charge in [-0.2, -0.15) is 11.8 Å². The molecular weight excluding hydrogens is 405 g/mol. The van der Waals surface area contributed by atoms with Gasteiger partial charge in [0.2, 0.25) is 0 Å². The molecule has 0 spiro atoms. The highest BCUT2D eigenvalue weighted by Gasteiger charge is 2.10. The van der Waals surface area contributed by atoms with Crippen LogP contribution in [0.1, 0.15) is 15.9 Å². The molecule has 2 aromatic rings. The van der Waals surface area contributed by atoms with E-state index >= 15 is 0 Å². The van der Waals surface area contributed by atoms with E-state index in [0.717, 1.165) is 26.6 Å². The molecule has 0 aliphatic carbocycles. The zero-order valence-electron chi connectivity index (χ0n) is 11.6. The van der Waals surface area contributed by atoms with Crippen LogP contribution in [0, 0.1) is 0 Å². The third-order valence-corrected chi connectivity index (χ3v) is 5.12. The van der Waals surface area contributed by atoms with Gasteiger partial charge in [-0.3, -0.25) is 4.79 Å². The standard InChI is InChI=1S/C16H14BrCl2NOS/c17-12-5-6-15(19)13(9-12)16(21)20-7-8-22-10-11-3-1-2-4-14(11)18/h1-6,9H,7-8,10H2,(H,20,21). The Kier molecular flexibility index (Phi) is 7.09. The fraction of sp³-hybridized carbons (Fsp3) is 0.188. The maximum absolute atomic E-state index is 12.1. The van der Waals surface area contributed by atoms with Crippen molar-refractivity contribution in [1.82, 2.24) is 5.32 Å². The maximum Gasteiger partial charge on any atom is 0.252 e. The van der Waals surface area contributed by atoms with Gasteiger partial charge in [0.15, 0.2) is 0 Å². The minimum atomic E-state index is -0.162. The highest BCUT2D eigenvalue weighted by Crippen LogP contribution is 2.22. The molecule has 0 saturated heterocycles. The van der Waals surface area contributed by atoms with E-state index in [1.807, 2.05) is 24.3 Å². The Balaban J connectivity index is 1.76. The van der Waals surface area contributed by atoms with E-state index in [4.69, 9.17) is 23.2 Å². The summed E-state index contributed by atoms with van der Waals surface area (Å²) in [6, 6.07) is 13.0. The second-order valence-electron chi connectivity index (χ2n) is 4.52. The van der Waals surface area contributed by atoms with Gasteiger partial charge < -0.3 is 5.32 Å². The van der Waals surface area contributed by atoms with Gasteiger partial charge in [0, 0.05) is 27.5 Å². The Labute approximate surface area is 152 Å². The molecule has 0 aromatic heterocycles. The number of hydrogen-bond donors (Lipinski definition) is 1. The molecule has 0 aliphatic rings. The largest absolute Gasteiger partial charge is 0.351 e. The number of rotatable bonds is 6. The van der Waals surface area contributed by atoms with Gasteiger partial charge in [0.05, 0.1) is 10.6 Å². The number of halogens is 3. The summed E-state index contributed by atoms with van der Waals surface area (Å²) in [5, 5.41) is 4.10. The second-order valence-corrected chi connectivity index (χ2v) is 7.36. The van der Waals surface area contributed by atoms with Crippen LogP contribution < -0.4 is 5.32 Å². The Hall–Kier alpha value is -0.680. The molecule has 0 fully saturated rings. The number of hydrogen-bond acceptors (Lipinski definition) is 2. The van der Waals surface area contributed by atoms with Crippen molar-refractivity contribution in [3.63, 3.8) is 0 Å². The number of thioether (sulfide) groups is 1. The summed E-state index contributed by atoms with van der Waals surface area (Å²) in [6.45, 7) is 0.580. The van der Waals surface area contributed by atoms with E-state index in [-0.39, 0.29) is 5.91 Å². The van der Waals surface area contributed by atoms with Crippen LogP contribution in [0.3, 0.4) is 0 Å². The molecule has 0 atom stereocenters. The summed E-state index contributed by atoms with van der Waals surface area (Å²) >= 11 is 17.2. The van der Waals surface area contributed by atoms with Crippen LogP contribution in [0.5, 0.6) is 0 Å². The number of carbonyl (C=O) groups is 1. The van der Waals surface area contributed by atoms with Crippen molar-refractivity contribution in [1.29, 1.82) is 0 Å². The van der Waals surface area contributed by atoms with E-state index in [9.17, 15) is 4.79 Å². The average molecular weight is 419 g/mol. The zero-order chi connectivity index (χ0) is 15.9. The molecule has 0 unspecified atom stereocenters. The first-order valence-electron chi connectivity index (χ1n) is 6.62. The van der Waals surface area contributed by atoms with Gasteiger partial charge in [0.25, 0.3) is 5.91 Å². The normalized spacial score (nSPS) is 10.5. The van der Waals surface area contributed by atoms with Gasteiger partial charge in [-0.1, -0.05) is 57.3 Å². The second kappa shape index (κ2) is 8.82. The number of amides is 1. The fourth-order valence-electron chi connectivity index (χ4n) is 1.80. The first-order valence-corrected chi connectivity index (χ1v) is 9.32. The summed E-state index contributed by atoms with van der Waals surface area (Å²) in [4.78, 5) is 12.1. The summed E-state index contributed by atoms with van der Waals surface area (Å²) < 4.78 is 0.829. The van der Waals surface area contributed by atoms with Crippen molar-refractivity contribution < 1.29 is 4.79 Å². The summed E-state index contributed by atoms with van der Waals surface area (Å²) in [7, 11) is 0. The van der Waals surface area contributed by atoms with Crippen LogP contribution in [-0.2, 0) is 5.75 Å². The highest BCUT2D eigenvalue weighted by molar-refractivity contribution is 9.10. The molecule has 0 aliphatic heterocycles. The fourth-order valence-corrected chi connectivity index (χ4v) is 3.51. The predicted octanol–water partition coefficient (Wildman–Crippen LogP) is 5.42. The number of benzene rings is 2. The summed E-state index contributed by atoms with van der Waals surface area (Å²) in [6.07, 6.45) is 0. The Morgan fingerprint density at radius 2 is 1.91 bits per heavy atom. The molecule has 0 radical (unpaired) electrons. The van der Waals surface area contributed by atoms with Gasteiger partial charge in [-0.15, -0.1) is 0 Å². The molecular formula is C16H14BrCl2NOS. The molecule has 1 N–H and O–H groups in total. The molecule has 6 heteroatoms. The Morgan fingerprint density at radius 1 is 1.14 bits per heavy atom. The summed E-state index contributed by atoms with van der Waals surface area (Å²) in [5.74, 6) is 1.47. The number of nitrogens with one attached hydrogen (secondary N) is 1. The van der Waals surface area contributed by atoms with Crippen molar-refractivity contribution in [2.75, 3.05) is 12.3 Å². The molecule has 2 aromatic carbocycles.